The first kappa shape index (κ1) is 36.7. The number of nitrogens with one attached hydrogen (secondary N) is 6. The SMILES string of the molecule is CCCC[C@H](NC(=O)[C@H](N)CC(C)C)C(=O)N[C@H](Cc1c[nH]c2ccccc12)C(=O)N[C@@H](Cc1cnc[nH]1)C(=O)N[C@H](CO)C(=O)O. The number of aliphatic hydroxyl groups excluding tert-OH is 1. The normalized spacial score (nSPS) is 14.5. The molecule has 5 atom stereocenters. The molecule has 0 radical (unpaired) electrons. The highest BCUT2D eigenvalue weighted by Crippen LogP contribution is 2.19. The lowest BCUT2D eigenvalue weighted by molar-refractivity contribution is -0.143. The van der Waals surface area contributed by atoms with Crippen LogP contribution >= 0.6 is 0 Å². The number of aliphatic carboxylic acids is 1. The molecular formula is C32H46N8O7. The number of amides is 4. The zero-order valence-electron chi connectivity index (χ0n) is 26.9. The van der Waals surface area contributed by atoms with Crippen LogP contribution in [0.3, 0.4) is 0 Å². The van der Waals surface area contributed by atoms with Crippen LogP contribution in [0, 0.1) is 5.92 Å². The number of carbonyl (C=O) groups is 5. The Morgan fingerprint density at radius 2 is 1.49 bits per heavy atom. The first-order chi connectivity index (χ1) is 22.4. The third-order valence-corrected chi connectivity index (χ3v) is 7.68. The molecule has 0 aliphatic heterocycles. The van der Waals surface area contributed by atoms with Crippen LogP contribution in [0.15, 0.2) is 43.0 Å². The van der Waals surface area contributed by atoms with E-state index in [0.29, 0.717) is 25.0 Å². The van der Waals surface area contributed by atoms with Gasteiger partial charge in [0.15, 0.2) is 0 Å². The van der Waals surface area contributed by atoms with Crippen LogP contribution in [0.4, 0.5) is 0 Å². The molecule has 3 aromatic rings. The summed E-state index contributed by atoms with van der Waals surface area (Å²) in [5, 5.41) is 30.0. The lowest BCUT2D eigenvalue weighted by atomic mass is 10.0. The van der Waals surface area contributed by atoms with Crippen molar-refractivity contribution in [3.05, 3.63) is 54.2 Å². The number of aromatic nitrogens is 3. The molecule has 0 saturated carbocycles. The van der Waals surface area contributed by atoms with Crippen molar-refractivity contribution in [1.82, 2.24) is 36.2 Å². The number of hydrogen-bond acceptors (Lipinski definition) is 8. The largest absolute Gasteiger partial charge is 0.480 e. The summed E-state index contributed by atoms with van der Waals surface area (Å²) in [6, 6.07) is 1.54. The molecule has 0 bridgehead atoms. The van der Waals surface area contributed by atoms with Gasteiger partial charge < -0.3 is 47.2 Å². The van der Waals surface area contributed by atoms with Crippen LogP contribution in [0.2, 0.25) is 0 Å². The van der Waals surface area contributed by atoms with Crippen molar-refractivity contribution in [2.75, 3.05) is 6.61 Å². The lowest BCUT2D eigenvalue weighted by Crippen LogP contribution is -2.59. The van der Waals surface area contributed by atoms with Crippen molar-refractivity contribution < 1.29 is 34.2 Å². The summed E-state index contributed by atoms with van der Waals surface area (Å²) >= 11 is 0. The van der Waals surface area contributed by atoms with Crippen molar-refractivity contribution in [1.29, 1.82) is 0 Å². The zero-order chi connectivity index (χ0) is 34.5. The van der Waals surface area contributed by atoms with Gasteiger partial charge in [0.1, 0.15) is 24.2 Å². The number of nitrogens with two attached hydrogens (primary N) is 1. The van der Waals surface area contributed by atoms with Gasteiger partial charge in [-0.1, -0.05) is 51.8 Å². The van der Waals surface area contributed by atoms with Gasteiger partial charge in [-0.05, 0) is 30.4 Å². The number of para-hydroxylation sites is 1. The van der Waals surface area contributed by atoms with Gasteiger partial charge in [0.2, 0.25) is 23.6 Å². The Hall–Kier alpha value is -4.76. The van der Waals surface area contributed by atoms with E-state index in [1.807, 2.05) is 45.0 Å². The minimum atomic E-state index is -1.60. The number of carbonyl (C=O) groups excluding carboxylic acids is 4. The molecule has 0 fully saturated rings. The van der Waals surface area contributed by atoms with Crippen molar-refractivity contribution in [2.24, 2.45) is 11.7 Å². The molecule has 0 aliphatic rings. The second kappa shape index (κ2) is 17.8. The standard InChI is InChI=1S/C32H46N8O7/c1-4-5-9-24(37-28(42)22(33)11-18(2)3)29(43)38-25(12-19-14-35-23-10-7-6-8-21(19)23)30(44)39-26(13-20-15-34-17-36-20)31(45)40-27(16-41)32(46)47/h6-8,10,14-15,17-18,22,24-27,35,41H,4-5,9,11-13,16,33H2,1-3H3,(H,34,36)(H,37,42)(H,38,43)(H,39,44)(H,40,45)(H,46,47)/t22-,24+,25-,26+,27-/m1/s1. The van der Waals surface area contributed by atoms with Gasteiger partial charge in [-0.2, -0.15) is 0 Å². The molecule has 15 nitrogen and oxygen atoms in total. The average molecular weight is 655 g/mol. The molecule has 10 N–H and O–H groups in total. The van der Waals surface area contributed by atoms with Crippen molar-refractivity contribution in [2.45, 2.75) is 89.5 Å². The smallest absolute Gasteiger partial charge is 0.328 e. The number of rotatable bonds is 19. The molecule has 0 unspecified atom stereocenters. The summed E-state index contributed by atoms with van der Waals surface area (Å²) in [5.74, 6) is -3.94. The Kier molecular flexibility index (Phi) is 13.9. The fourth-order valence-electron chi connectivity index (χ4n) is 5.13. The maximum Gasteiger partial charge on any atom is 0.328 e. The van der Waals surface area contributed by atoms with Gasteiger partial charge in [-0.25, -0.2) is 9.78 Å². The second-order valence-corrected chi connectivity index (χ2v) is 12.0. The maximum atomic E-state index is 13.9. The number of benzene rings is 1. The number of aliphatic hydroxyl groups is 1. The van der Waals surface area contributed by atoms with Crippen LogP contribution in [0.25, 0.3) is 10.9 Å². The molecule has 256 valence electrons. The summed E-state index contributed by atoms with van der Waals surface area (Å²) in [5.41, 5.74) is 8.09. The highest BCUT2D eigenvalue weighted by atomic mass is 16.4. The summed E-state index contributed by atoms with van der Waals surface area (Å²) in [7, 11) is 0. The molecule has 2 aromatic heterocycles. The number of imidazole rings is 1. The van der Waals surface area contributed by atoms with E-state index in [4.69, 9.17) is 5.73 Å². The van der Waals surface area contributed by atoms with Gasteiger partial charge in [0.25, 0.3) is 0 Å². The highest BCUT2D eigenvalue weighted by Gasteiger charge is 2.32. The van der Waals surface area contributed by atoms with E-state index in [-0.39, 0.29) is 18.8 Å². The quantitative estimate of drug-likeness (QED) is 0.0859. The predicted octanol–water partition coefficient (Wildman–Crippen LogP) is 0.256. The Morgan fingerprint density at radius 1 is 0.872 bits per heavy atom. The fraction of sp³-hybridized carbons (Fsp3) is 0.500. The van der Waals surface area contributed by atoms with Gasteiger partial charge in [-0.15, -0.1) is 0 Å². The molecular weight excluding hydrogens is 608 g/mol. The number of fused-ring (bicyclic) bond motifs is 1. The van der Waals surface area contributed by atoms with Crippen molar-refractivity contribution in [3.63, 3.8) is 0 Å². The Balaban J connectivity index is 1.90. The number of aromatic amines is 2. The average Bonchev–Trinajstić information content (AvgIpc) is 3.70. The first-order valence-electron chi connectivity index (χ1n) is 15.8. The molecule has 4 amide bonds. The monoisotopic (exact) mass is 654 g/mol. The summed E-state index contributed by atoms with van der Waals surface area (Å²) < 4.78 is 0. The number of carboxylic acids is 1. The zero-order valence-corrected chi connectivity index (χ0v) is 26.9. The van der Waals surface area contributed by atoms with Crippen molar-refractivity contribution in [3.8, 4) is 0 Å². The molecule has 2 heterocycles. The van der Waals surface area contributed by atoms with Crippen LogP contribution in [0.1, 0.15) is 57.7 Å². The highest BCUT2D eigenvalue weighted by molar-refractivity contribution is 5.96. The second-order valence-electron chi connectivity index (χ2n) is 12.0. The number of H-pyrrole nitrogens is 2. The number of nitrogens with zero attached hydrogens (tertiary/aromatic N) is 1. The van der Waals surface area contributed by atoms with Crippen LogP contribution < -0.4 is 27.0 Å². The molecule has 0 spiro atoms. The van der Waals surface area contributed by atoms with Gasteiger partial charge in [0, 0.05) is 41.8 Å². The Morgan fingerprint density at radius 3 is 2.09 bits per heavy atom. The van der Waals surface area contributed by atoms with Crippen LogP contribution in [-0.4, -0.2) is 91.6 Å². The molecule has 3 rings (SSSR count). The summed E-state index contributed by atoms with van der Waals surface area (Å²) in [6.07, 6.45) is 6.62. The van der Waals surface area contributed by atoms with E-state index >= 15 is 0 Å². The van der Waals surface area contributed by atoms with Crippen LogP contribution in [0.5, 0.6) is 0 Å². The van der Waals surface area contributed by atoms with Crippen LogP contribution in [-0.2, 0) is 36.8 Å². The van der Waals surface area contributed by atoms with E-state index in [9.17, 15) is 34.2 Å². The molecule has 1 aromatic carbocycles. The molecule has 0 aliphatic carbocycles. The fourth-order valence-corrected chi connectivity index (χ4v) is 5.13. The van der Waals surface area contributed by atoms with E-state index in [1.54, 1.807) is 6.20 Å². The summed E-state index contributed by atoms with van der Waals surface area (Å²) in [6.45, 7) is 4.96. The number of hydrogen-bond donors (Lipinski definition) is 9. The third kappa shape index (κ3) is 10.9. The maximum absolute atomic E-state index is 13.9. The van der Waals surface area contributed by atoms with E-state index in [0.717, 1.165) is 22.9 Å². The van der Waals surface area contributed by atoms with E-state index in [2.05, 4.69) is 36.2 Å². The van der Waals surface area contributed by atoms with E-state index < -0.39 is 66.4 Å². The van der Waals surface area contributed by atoms with Crippen molar-refractivity contribution >= 4 is 40.5 Å². The molecule has 47 heavy (non-hydrogen) atoms. The predicted molar refractivity (Wildman–Crippen MR) is 174 cm³/mol. The van der Waals surface area contributed by atoms with Gasteiger partial charge in [-0.3, -0.25) is 19.2 Å². The van der Waals surface area contributed by atoms with Gasteiger partial charge in [0.05, 0.1) is 19.0 Å². The van der Waals surface area contributed by atoms with E-state index in [1.165, 1.54) is 12.5 Å². The number of unbranched alkanes of at least 4 members (excludes halogenated alkanes) is 1. The first-order valence-corrected chi connectivity index (χ1v) is 15.8. The number of carboxylic acid groups (broad SMARTS) is 1. The molecule has 0 saturated heterocycles. The topological polar surface area (TPSA) is 244 Å². The minimum Gasteiger partial charge on any atom is -0.480 e. The lowest BCUT2D eigenvalue weighted by Gasteiger charge is -2.26. The third-order valence-electron chi connectivity index (χ3n) is 7.68. The Bertz CT molecular complexity index is 1490. The molecule has 15 heteroatoms. The summed E-state index contributed by atoms with van der Waals surface area (Å²) in [4.78, 5) is 75.2. The minimum absolute atomic E-state index is 0.0235. The van der Waals surface area contributed by atoms with Gasteiger partial charge >= 0.3 is 5.97 Å². The Labute approximate surface area is 272 Å².